The molecular weight excluding hydrogens is 262 g/mol. The van der Waals surface area contributed by atoms with E-state index in [2.05, 4.69) is 34.8 Å². The summed E-state index contributed by atoms with van der Waals surface area (Å²) in [4.78, 5) is 2.49. The molecule has 0 atom stereocenters. The molecule has 0 aromatic heterocycles. The molecule has 2 heteroatoms. The standard InChI is InChI=1S/C14H30BrN/c1-3-4-5-6-7-10-13-16(2)14-11-8-9-12-15/h3-14H2,1-2H3. The minimum atomic E-state index is 1.16. The topological polar surface area (TPSA) is 3.24 Å². The van der Waals surface area contributed by atoms with Gasteiger partial charge in [0.15, 0.2) is 0 Å². The Morgan fingerprint density at radius 1 is 0.750 bits per heavy atom. The first-order valence-corrected chi connectivity index (χ1v) is 8.18. The first-order valence-electron chi connectivity index (χ1n) is 7.05. The van der Waals surface area contributed by atoms with Crippen molar-refractivity contribution in [1.82, 2.24) is 4.90 Å². The van der Waals surface area contributed by atoms with Crippen LogP contribution in [-0.4, -0.2) is 30.4 Å². The first-order chi connectivity index (χ1) is 7.81. The molecule has 0 aromatic rings. The van der Waals surface area contributed by atoms with Crippen LogP contribution in [0.15, 0.2) is 0 Å². The third-order valence-corrected chi connectivity index (χ3v) is 3.63. The van der Waals surface area contributed by atoms with Gasteiger partial charge in [0.05, 0.1) is 0 Å². The van der Waals surface area contributed by atoms with Crippen molar-refractivity contribution in [2.45, 2.75) is 64.7 Å². The summed E-state index contributed by atoms with van der Waals surface area (Å²) in [5.74, 6) is 0. The fourth-order valence-corrected chi connectivity index (χ4v) is 2.32. The number of unbranched alkanes of at least 4 members (excludes halogenated alkanes) is 7. The fraction of sp³-hybridized carbons (Fsp3) is 1.00. The maximum absolute atomic E-state index is 3.47. The molecule has 0 amide bonds. The maximum atomic E-state index is 3.47. The molecule has 0 aliphatic heterocycles. The molecule has 0 aromatic carbocycles. The summed E-state index contributed by atoms with van der Waals surface area (Å²) >= 11 is 3.47. The predicted octanol–water partition coefficient (Wildman–Crippen LogP) is 4.84. The Bertz CT molecular complexity index is 128. The molecule has 0 aliphatic carbocycles. The summed E-state index contributed by atoms with van der Waals surface area (Å²) < 4.78 is 0. The zero-order valence-electron chi connectivity index (χ0n) is 11.3. The number of hydrogen-bond acceptors (Lipinski definition) is 1. The molecule has 0 rings (SSSR count). The van der Waals surface area contributed by atoms with E-state index in [0.717, 1.165) is 5.33 Å². The number of rotatable bonds is 12. The lowest BCUT2D eigenvalue weighted by Gasteiger charge is -2.16. The van der Waals surface area contributed by atoms with Gasteiger partial charge >= 0.3 is 0 Å². The third-order valence-electron chi connectivity index (χ3n) is 3.07. The van der Waals surface area contributed by atoms with Gasteiger partial charge in [0.2, 0.25) is 0 Å². The number of nitrogens with zero attached hydrogens (tertiary/aromatic N) is 1. The second-order valence-electron chi connectivity index (χ2n) is 4.82. The van der Waals surface area contributed by atoms with Crippen molar-refractivity contribution in [3.05, 3.63) is 0 Å². The summed E-state index contributed by atoms with van der Waals surface area (Å²) in [5, 5.41) is 1.16. The van der Waals surface area contributed by atoms with Crippen LogP contribution in [-0.2, 0) is 0 Å². The van der Waals surface area contributed by atoms with Gasteiger partial charge in [0.25, 0.3) is 0 Å². The smallest absolute Gasteiger partial charge is 0.00313 e. The van der Waals surface area contributed by atoms with Crippen LogP contribution in [0.3, 0.4) is 0 Å². The Balaban J connectivity index is 3.08. The summed E-state index contributed by atoms with van der Waals surface area (Å²) in [5.41, 5.74) is 0. The highest BCUT2D eigenvalue weighted by Gasteiger charge is 1.97. The average molecular weight is 292 g/mol. The minimum Gasteiger partial charge on any atom is -0.306 e. The lowest BCUT2D eigenvalue weighted by Crippen LogP contribution is -2.20. The lowest BCUT2D eigenvalue weighted by atomic mass is 10.1. The SMILES string of the molecule is CCCCCCCCN(C)CCCCCBr. The Kier molecular flexibility index (Phi) is 13.9. The highest BCUT2D eigenvalue weighted by molar-refractivity contribution is 9.09. The van der Waals surface area contributed by atoms with Gasteiger partial charge in [-0.25, -0.2) is 0 Å². The Morgan fingerprint density at radius 2 is 1.25 bits per heavy atom. The molecule has 0 radical (unpaired) electrons. The van der Waals surface area contributed by atoms with E-state index in [4.69, 9.17) is 0 Å². The molecule has 1 nitrogen and oxygen atoms in total. The van der Waals surface area contributed by atoms with Crippen LogP contribution in [0.25, 0.3) is 0 Å². The highest BCUT2D eigenvalue weighted by atomic mass is 79.9. The van der Waals surface area contributed by atoms with E-state index in [1.54, 1.807) is 0 Å². The van der Waals surface area contributed by atoms with E-state index in [0.29, 0.717) is 0 Å². The second-order valence-corrected chi connectivity index (χ2v) is 5.61. The second kappa shape index (κ2) is 13.5. The van der Waals surface area contributed by atoms with Crippen molar-refractivity contribution >= 4 is 15.9 Å². The molecule has 0 spiro atoms. The van der Waals surface area contributed by atoms with Gasteiger partial charge in [-0.05, 0) is 39.4 Å². The molecule has 0 bridgehead atoms. The molecule has 0 N–H and O–H groups in total. The van der Waals surface area contributed by atoms with Gasteiger partial charge in [-0.2, -0.15) is 0 Å². The average Bonchev–Trinajstić information content (AvgIpc) is 2.29. The first kappa shape index (κ1) is 16.4. The predicted molar refractivity (Wildman–Crippen MR) is 78.5 cm³/mol. The van der Waals surface area contributed by atoms with Crippen LogP contribution in [0.4, 0.5) is 0 Å². The van der Waals surface area contributed by atoms with E-state index in [1.165, 1.54) is 70.9 Å². The van der Waals surface area contributed by atoms with Crippen LogP contribution in [0.2, 0.25) is 0 Å². The van der Waals surface area contributed by atoms with E-state index in [9.17, 15) is 0 Å². The van der Waals surface area contributed by atoms with Crippen molar-refractivity contribution in [2.24, 2.45) is 0 Å². The number of alkyl halides is 1. The molecule has 0 fully saturated rings. The largest absolute Gasteiger partial charge is 0.306 e. The third kappa shape index (κ3) is 12.5. The number of hydrogen-bond donors (Lipinski definition) is 0. The summed E-state index contributed by atoms with van der Waals surface area (Å²) in [7, 11) is 2.26. The zero-order valence-corrected chi connectivity index (χ0v) is 12.9. The van der Waals surface area contributed by atoms with Gasteiger partial charge in [-0.15, -0.1) is 0 Å². The van der Waals surface area contributed by atoms with Crippen LogP contribution >= 0.6 is 15.9 Å². The monoisotopic (exact) mass is 291 g/mol. The summed E-state index contributed by atoms with van der Waals surface area (Å²) in [6.07, 6.45) is 12.5. The van der Waals surface area contributed by atoms with Crippen molar-refractivity contribution in [3.63, 3.8) is 0 Å². The zero-order chi connectivity index (χ0) is 12.1. The quantitative estimate of drug-likeness (QED) is 0.367. The van der Waals surface area contributed by atoms with Gasteiger partial charge in [0, 0.05) is 5.33 Å². The van der Waals surface area contributed by atoms with E-state index in [1.807, 2.05) is 0 Å². The van der Waals surface area contributed by atoms with Crippen LogP contribution < -0.4 is 0 Å². The van der Waals surface area contributed by atoms with Crippen LogP contribution in [0.1, 0.15) is 64.7 Å². The molecular formula is C14H30BrN. The molecule has 16 heavy (non-hydrogen) atoms. The molecule has 0 saturated heterocycles. The van der Waals surface area contributed by atoms with Crippen LogP contribution in [0, 0.1) is 0 Å². The Labute approximate surface area is 111 Å². The van der Waals surface area contributed by atoms with Crippen molar-refractivity contribution in [2.75, 3.05) is 25.5 Å². The van der Waals surface area contributed by atoms with Crippen molar-refractivity contribution < 1.29 is 0 Å². The Hall–Kier alpha value is 0.440. The van der Waals surface area contributed by atoms with E-state index in [-0.39, 0.29) is 0 Å². The highest BCUT2D eigenvalue weighted by Crippen LogP contribution is 2.06. The molecule has 0 heterocycles. The summed E-state index contributed by atoms with van der Waals surface area (Å²) in [6.45, 7) is 4.85. The van der Waals surface area contributed by atoms with Gasteiger partial charge in [0.1, 0.15) is 0 Å². The van der Waals surface area contributed by atoms with Crippen molar-refractivity contribution in [1.29, 1.82) is 0 Å². The van der Waals surface area contributed by atoms with Gasteiger partial charge < -0.3 is 4.90 Å². The van der Waals surface area contributed by atoms with Gasteiger partial charge in [-0.3, -0.25) is 0 Å². The van der Waals surface area contributed by atoms with Gasteiger partial charge in [-0.1, -0.05) is 61.4 Å². The van der Waals surface area contributed by atoms with Crippen LogP contribution in [0.5, 0.6) is 0 Å². The molecule has 0 saturated carbocycles. The number of halogens is 1. The molecule has 0 aliphatic rings. The van der Waals surface area contributed by atoms with E-state index < -0.39 is 0 Å². The lowest BCUT2D eigenvalue weighted by molar-refractivity contribution is 0.316. The molecule has 98 valence electrons. The van der Waals surface area contributed by atoms with E-state index >= 15 is 0 Å². The Morgan fingerprint density at radius 3 is 1.81 bits per heavy atom. The fourth-order valence-electron chi connectivity index (χ4n) is 1.93. The maximum Gasteiger partial charge on any atom is 0.00313 e. The molecule has 0 unspecified atom stereocenters. The summed E-state index contributed by atoms with van der Waals surface area (Å²) in [6, 6.07) is 0. The minimum absolute atomic E-state index is 1.16. The normalized spacial score (nSPS) is 11.2. The van der Waals surface area contributed by atoms with Crippen molar-refractivity contribution in [3.8, 4) is 0 Å².